The van der Waals surface area contributed by atoms with Crippen molar-refractivity contribution in [1.82, 2.24) is 10.3 Å². The molecule has 1 heterocycles. The van der Waals surface area contributed by atoms with E-state index in [1.807, 2.05) is 12.4 Å². The van der Waals surface area contributed by atoms with Crippen molar-refractivity contribution in [2.24, 2.45) is 0 Å². The van der Waals surface area contributed by atoms with E-state index in [-0.39, 0.29) is 0 Å². The number of hydrogen-bond donors (Lipinski definition) is 1. The molecular weight excluding hydrogens is 180 g/mol. The van der Waals surface area contributed by atoms with E-state index in [2.05, 4.69) is 22.5 Å². The molecule has 0 bridgehead atoms. The lowest BCUT2D eigenvalue weighted by atomic mass is 10.3. The largest absolute Gasteiger partial charge is 0.311 e. The summed E-state index contributed by atoms with van der Waals surface area (Å²) < 4.78 is 0. The summed E-state index contributed by atoms with van der Waals surface area (Å²) in [6, 6.07) is 0.798. The Morgan fingerprint density at radius 2 is 2.54 bits per heavy atom. The second-order valence-corrected chi connectivity index (χ2v) is 4.27. The predicted molar refractivity (Wildman–Crippen MR) is 56.9 cm³/mol. The highest BCUT2D eigenvalue weighted by Crippen LogP contribution is 2.18. The van der Waals surface area contributed by atoms with Crippen molar-refractivity contribution in [3.8, 4) is 0 Å². The Morgan fingerprint density at radius 3 is 3.15 bits per heavy atom. The second-order valence-electron chi connectivity index (χ2n) is 3.39. The van der Waals surface area contributed by atoms with Gasteiger partial charge in [0, 0.05) is 17.5 Å². The molecule has 1 fully saturated rings. The van der Waals surface area contributed by atoms with Crippen LogP contribution in [0.2, 0.25) is 0 Å². The van der Waals surface area contributed by atoms with Gasteiger partial charge in [-0.15, -0.1) is 11.3 Å². The topological polar surface area (TPSA) is 24.9 Å². The highest BCUT2D eigenvalue weighted by atomic mass is 32.1. The van der Waals surface area contributed by atoms with Crippen LogP contribution in [0.1, 0.15) is 23.4 Å². The minimum absolute atomic E-state index is 0.798. The molecule has 0 amide bonds. The van der Waals surface area contributed by atoms with Gasteiger partial charge in [0.15, 0.2) is 0 Å². The second kappa shape index (κ2) is 4.03. The van der Waals surface area contributed by atoms with Crippen LogP contribution in [0, 0.1) is 6.92 Å². The van der Waals surface area contributed by atoms with Crippen molar-refractivity contribution < 1.29 is 0 Å². The van der Waals surface area contributed by atoms with Crippen molar-refractivity contribution in [2.45, 2.75) is 25.8 Å². The van der Waals surface area contributed by atoms with Gasteiger partial charge in [0.25, 0.3) is 0 Å². The average Bonchev–Trinajstić information content (AvgIpc) is 2.86. The van der Waals surface area contributed by atoms with Gasteiger partial charge in [0.2, 0.25) is 0 Å². The lowest BCUT2D eigenvalue weighted by molar-refractivity contribution is 0.754. The Hall–Kier alpha value is -0.670. The van der Waals surface area contributed by atoms with E-state index in [0.29, 0.717) is 0 Å². The van der Waals surface area contributed by atoms with Crippen LogP contribution in [-0.2, 0) is 0 Å². The van der Waals surface area contributed by atoms with E-state index in [9.17, 15) is 0 Å². The Bertz CT molecular complexity index is 300. The maximum absolute atomic E-state index is 4.19. The van der Waals surface area contributed by atoms with Crippen LogP contribution in [0.15, 0.2) is 11.6 Å². The third kappa shape index (κ3) is 2.64. The first-order valence-electron chi connectivity index (χ1n) is 4.66. The zero-order valence-electron chi connectivity index (χ0n) is 7.79. The monoisotopic (exact) mass is 194 g/mol. The van der Waals surface area contributed by atoms with E-state index in [4.69, 9.17) is 0 Å². The van der Waals surface area contributed by atoms with E-state index in [1.54, 1.807) is 11.3 Å². The van der Waals surface area contributed by atoms with Crippen LogP contribution in [0.3, 0.4) is 0 Å². The smallest absolute Gasteiger partial charge is 0.0801 e. The zero-order valence-corrected chi connectivity index (χ0v) is 8.60. The summed E-state index contributed by atoms with van der Waals surface area (Å²) in [6.45, 7) is 3.03. The maximum atomic E-state index is 4.19. The summed E-state index contributed by atoms with van der Waals surface area (Å²) in [4.78, 5) is 5.47. The van der Waals surface area contributed by atoms with E-state index in [0.717, 1.165) is 18.3 Å². The fraction of sp³-hybridized carbons (Fsp3) is 0.500. The first kappa shape index (κ1) is 8.91. The molecule has 1 aromatic heterocycles. The molecule has 1 aliphatic carbocycles. The molecule has 1 aromatic rings. The SMILES string of the molecule is Cc1ncsc1C=CCNC1CC1. The Kier molecular flexibility index (Phi) is 2.76. The van der Waals surface area contributed by atoms with Gasteiger partial charge in [0.1, 0.15) is 0 Å². The summed E-state index contributed by atoms with van der Waals surface area (Å²) in [5.74, 6) is 0. The van der Waals surface area contributed by atoms with Gasteiger partial charge >= 0.3 is 0 Å². The summed E-state index contributed by atoms with van der Waals surface area (Å²) in [6.07, 6.45) is 7.04. The minimum Gasteiger partial charge on any atom is -0.311 e. The maximum Gasteiger partial charge on any atom is 0.0801 e. The molecule has 2 rings (SSSR count). The molecule has 1 N–H and O–H groups in total. The molecule has 0 spiro atoms. The van der Waals surface area contributed by atoms with E-state index in [1.165, 1.54) is 17.7 Å². The van der Waals surface area contributed by atoms with Crippen LogP contribution in [0.25, 0.3) is 6.08 Å². The molecule has 1 saturated carbocycles. The minimum atomic E-state index is 0.798. The molecule has 0 atom stereocenters. The lowest BCUT2D eigenvalue weighted by Gasteiger charge is -1.94. The lowest BCUT2D eigenvalue weighted by Crippen LogP contribution is -2.15. The van der Waals surface area contributed by atoms with Crippen LogP contribution < -0.4 is 5.32 Å². The standard InChI is InChI=1S/C10H14N2S/c1-8-10(13-7-12-8)3-2-6-11-9-4-5-9/h2-3,7,9,11H,4-6H2,1H3. The van der Waals surface area contributed by atoms with Gasteiger partial charge in [0.05, 0.1) is 11.2 Å². The molecular formula is C10H14N2S. The summed E-state index contributed by atoms with van der Waals surface area (Å²) >= 11 is 1.70. The summed E-state index contributed by atoms with van der Waals surface area (Å²) in [7, 11) is 0. The number of rotatable bonds is 4. The fourth-order valence-corrected chi connectivity index (χ4v) is 1.88. The van der Waals surface area contributed by atoms with Crippen molar-refractivity contribution in [2.75, 3.05) is 6.54 Å². The molecule has 3 heteroatoms. The Morgan fingerprint density at radius 1 is 1.69 bits per heavy atom. The van der Waals surface area contributed by atoms with Crippen molar-refractivity contribution in [1.29, 1.82) is 0 Å². The molecule has 70 valence electrons. The van der Waals surface area contributed by atoms with Crippen LogP contribution in [0.5, 0.6) is 0 Å². The van der Waals surface area contributed by atoms with Crippen molar-refractivity contribution >= 4 is 17.4 Å². The number of aryl methyl sites for hydroxylation is 1. The van der Waals surface area contributed by atoms with Gasteiger partial charge in [-0.1, -0.05) is 6.08 Å². The first-order chi connectivity index (χ1) is 6.36. The van der Waals surface area contributed by atoms with Gasteiger partial charge in [-0.2, -0.15) is 0 Å². The van der Waals surface area contributed by atoms with E-state index < -0.39 is 0 Å². The highest BCUT2D eigenvalue weighted by molar-refractivity contribution is 7.10. The molecule has 2 nitrogen and oxygen atoms in total. The van der Waals surface area contributed by atoms with Crippen LogP contribution >= 0.6 is 11.3 Å². The molecule has 0 saturated heterocycles. The Labute approximate surface area is 82.7 Å². The number of aromatic nitrogens is 1. The van der Waals surface area contributed by atoms with Gasteiger partial charge in [-0.25, -0.2) is 4.98 Å². The molecule has 0 aliphatic heterocycles. The Balaban J connectivity index is 1.79. The number of nitrogens with one attached hydrogen (secondary N) is 1. The van der Waals surface area contributed by atoms with Crippen LogP contribution in [-0.4, -0.2) is 17.6 Å². The summed E-state index contributed by atoms with van der Waals surface area (Å²) in [5.41, 5.74) is 3.02. The van der Waals surface area contributed by atoms with Gasteiger partial charge in [-0.3, -0.25) is 0 Å². The fourth-order valence-electron chi connectivity index (χ4n) is 1.16. The third-order valence-corrected chi connectivity index (χ3v) is 3.05. The molecule has 0 radical (unpaired) electrons. The molecule has 1 aliphatic rings. The highest BCUT2D eigenvalue weighted by Gasteiger charge is 2.18. The van der Waals surface area contributed by atoms with E-state index >= 15 is 0 Å². The molecule has 13 heavy (non-hydrogen) atoms. The first-order valence-corrected chi connectivity index (χ1v) is 5.54. The molecule has 0 unspecified atom stereocenters. The number of thiazole rings is 1. The zero-order chi connectivity index (χ0) is 9.10. The third-order valence-electron chi connectivity index (χ3n) is 2.15. The van der Waals surface area contributed by atoms with Gasteiger partial charge < -0.3 is 5.32 Å². The van der Waals surface area contributed by atoms with Crippen molar-refractivity contribution in [3.05, 3.63) is 22.2 Å². The molecule has 0 aromatic carbocycles. The summed E-state index contributed by atoms with van der Waals surface area (Å²) in [5, 5.41) is 3.44. The number of nitrogens with zero attached hydrogens (tertiary/aromatic N) is 1. The van der Waals surface area contributed by atoms with Gasteiger partial charge in [-0.05, 0) is 25.8 Å². The number of hydrogen-bond acceptors (Lipinski definition) is 3. The van der Waals surface area contributed by atoms with Crippen LogP contribution in [0.4, 0.5) is 0 Å². The quantitative estimate of drug-likeness (QED) is 0.795. The average molecular weight is 194 g/mol. The normalized spacial score (nSPS) is 17.0. The predicted octanol–water partition coefficient (Wildman–Crippen LogP) is 2.22. The van der Waals surface area contributed by atoms with Crippen molar-refractivity contribution in [3.63, 3.8) is 0 Å².